The van der Waals surface area contributed by atoms with Crippen molar-refractivity contribution < 1.29 is 17.7 Å². The maximum absolute atomic E-state index is 13.3. The van der Waals surface area contributed by atoms with Gasteiger partial charge in [-0.25, -0.2) is 18.2 Å². The minimum absolute atomic E-state index is 0.0105. The van der Waals surface area contributed by atoms with E-state index in [1.807, 2.05) is 0 Å². The Kier molecular flexibility index (Phi) is 3.73. The Morgan fingerprint density at radius 1 is 1.17 bits per heavy atom. The van der Waals surface area contributed by atoms with Crippen LogP contribution in [0.4, 0.5) is 19.0 Å². The predicted octanol–water partition coefficient (Wildman–Crippen LogP) is 3.77. The summed E-state index contributed by atoms with van der Waals surface area (Å²) < 4.78 is 43.9. The Morgan fingerprint density at radius 3 is 2.65 bits per heavy atom. The summed E-state index contributed by atoms with van der Waals surface area (Å²) in [7, 11) is 0. The molecule has 0 saturated carbocycles. The Balaban J connectivity index is 1.99. The van der Waals surface area contributed by atoms with Crippen LogP contribution in [0, 0.1) is 12.7 Å². The molecule has 0 amide bonds. The first-order chi connectivity index (χ1) is 11.0. The molecule has 0 radical (unpaired) electrons. The van der Waals surface area contributed by atoms with Crippen LogP contribution < -0.4 is 5.73 Å². The summed E-state index contributed by atoms with van der Waals surface area (Å²) in [6.07, 6.45) is -1.45. The Morgan fingerprint density at radius 2 is 1.96 bits per heavy atom. The van der Waals surface area contributed by atoms with Crippen LogP contribution in [0.3, 0.4) is 0 Å². The second-order valence-corrected chi connectivity index (χ2v) is 4.89. The van der Waals surface area contributed by atoms with E-state index >= 15 is 0 Å². The number of aromatic nitrogens is 3. The van der Waals surface area contributed by atoms with Crippen LogP contribution in [0.25, 0.3) is 22.8 Å². The predicted molar refractivity (Wildman–Crippen MR) is 77.0 cm³/mol. The van der Waals surface area contributed by atoms with Gasteiger partial charge >= 0.3 is 0 Å². The number of pyridine rings is 1. The van der Waals surface area contributed by atoms with E-state index in [1.165, 1.54) is 12.3 Å². The fourth-order valence-corrected chi connectivity index (χ4v) is 2.01. The van der Waals surface area contributed by atoms with Crippen LogP contribution in [0.2, 0.25) is 0 Å². The minimum Gasteiger partial charge on any atom is -0.383 e. The lowest BCUT2D eigenvalue weighted by molar-refractivity contribution is 0.146. The Bertz CT molecular complexity index is 864. The van der Waals surface area contributed by atoms with Gasteiger partial charge in [-0.3, -0.25) is 0 Å². The number of anilines is 1. The molecule has 0 unspecified atom stereocenters. The standard InChI is InChI=1S/C15H11F3N4O/c1-7-4-9(6-20-13(7)19)14-21-15(23-22-14)8-2-3-11(16)10(5-8)12(17)18/h2-6,12H,1H3,(H2,19,20). The summed E-state index contributed by atoms with van der Waals surface area (Å²) in [6, 6.07) is 4.95. The summed E-state index contributed by atoms with van der Waals surface area (Å²) in [6.45, 7) is 1.78. The van der Waals surface area contributed by atoms with Gasteiger partial charge in [0, 0.05) is 17.3 Å². The van der Waals surface area contributed by atoms with Gasteiger partial charge in [-0.2, -0.15) is 4.98 Å². The summed E-state index contributed by atoms with van der Waals surface area (Å²) in [5, 5.41) is 3.78. The lowest BCUT2D eigenvalue weighted by Crippen LogP contribution is -1.94. The van der Waals surface area contributed by atoms with Gasteiger partial charge in [-0.05, 0) is 36.8 Å². The van der Waals surface area contributed by atoms with Crippen LogP contribution in [-0.4, -0.2) is 15.1 Å². The van der Waals surface area contributed by atoms with Gasteiger partial charge in [0.15, 0.2) is 0 Å². The summed E-state index contributed by atoms with van der Waals surface area (Å²) >= 11 is 0. The molecule has 0 bridgehead atoms. The third kappa shape index (κ3) is 2.87. The maximum Gasteiger partial charge on any atom is 0.266 e. The van der Waals surface area contributed by atoms with Crippen molar-refractivity contribution in [2.45, 2.75) is 13.3 Å². The smallest absolute Gasteiger partial charge is 0.266 e. The zero-order valence-electron chi connectivity index (χ0n) is 11.9. The number of nitrogens with zero attached hydrogens (tertiary/aromatic N) is 3. The molecule has 0 fully saturated rings. The number of benzene rings is 1. The first-order valence-corrected chi connectivity index (χ1v) is 6.60. The third-order valence-electron chi connectivity index (χ3n) is 3.28. The van der Waals surface area contributed by atoms with Gasteiger partial charge in [-0.15, -0.1) is 0 Å². The van der Waals surface area contributed by atoms with Crippen molar-refractivity contribution >= 4 is 5.82 Å². The second kappa shape index (κ2) is 5.71. The zero-order valence-corrected chi connectivity index (χ0v) is 11.9. The zero-order chi connectivity index (χ0) is 16.6. The van der Waals surface area contributed by atoms with E-state index in [2.05, 4.69) is 15.1 Å². The largest absolute Gasteiger partial charge is 0.383 e. The van der Waals surface area contributed by atoms with Gasteiger partial charge < -0.3 is 10.3 Å². The molecule has 23 heavy (non-hydrogen) atoms. The quantitative estimate of drug-likeness (QED) is 0.795. The van der Waals surface area contributed by atoms with Crippen LogP contribution in [-0.2, 0) is 0 Å². The number of hydrogen-bond donors (Lipinski definition) is 1. The van der Waals surface area contributed by atoms with E-state index in [4.69, 9.17) is 10.3 Å². The number of nitrogen functional groups attached to an aromatic ring is 1. The molecule has 0 atom stereocenters. The molecule has 5 nitrogen and oxygen atoms in total. The molecule has 3 rings (SSSR count). The second-order valence-electron chi connectivity index (χ2n) is 4.89. The van der Waals surface area contributed by atoms with Crippen LogP contribution >= 0.6 is 0 Å². The fraction of sp³-hybridized carbons (Fsp3) is 0.133. The Hall–Kier alpha value is -2.90. The van der Waals surface area contributed by atoms with Crippen LogP contribution in [0.15, 0.2) is 35.0 Å². The van der Waals surface area contributed by atoms with Gasteiger partial charge in [0.05, 0.1) is 5.56 Å². The molecule has 2 heterocycles. The van der Waals surface area contributed by atoms with Crippen molar-refractivity contribution in [3.63, 3.8) is 0 Å². The molecule has 118 valence electrons. The summed E-state index contributed by atoms with van der Waals surface area (Å²) in [5.74, 6) is -0.352. The highest BCUT2D eigenvalue weighted by molar-refractivity contribution is 5.61. The lowest BCUT2D eigenvalue weighted by Gasteiger charge is -2.02. The first-order valence-electron chi connectivity index (χ1n) is 6.60. The molecule has 1 aromatic carbocycles. The van der Waals surface area contributed by atoms with Crippen LogP contribution in [0.5, 0.6) is 0 Å². The number of nitrogens with two attached hydrogens (primary N) is 1. The average molecular weight is 320 g/mol. The number of alkyl halides is 2. The first kappa shape index (κ1) is 15.0. The van der Waals surface area contributed by atoms with Gasteiger partial charge in [0.2, 0.25) is 5.82 Å². The average Bonchev–Trinajstić information content (AvgIpc) is 3.00. The highest BCUT2D eigenvalue weighted by atomic mass is 19.3. The Labute approximate surface area is 129 Å². The van der Waals surface area contributed by atoms with E-state index in [1.54, 1.807) is 13.0 Å². The molecule has 0 aliphatic rings. The molecule has 3 aromatic rings. The molecule has 0 saturated heterocycles. The molecule has 0 aliphatic carbocycles. The highest BCUT2D eigenvalue weighted by Gasteiger charge is 2.17. The maximum atomic E-state index is 13.3. The SMILES string of the molecule is Cc1cc(-c2noc(-c3ccc(F)c(C(F)F)c3)n2)cnc1N. The minimum atomic E-state index is -2.93. The number of rotatable bonds is 3. The normalized spacial score (nSPS) is 11.2. The van der Waals surface area contributed by atoms with E-state index in [0.717, 1.165) is 17.7 Å². The van der Waals surface area contributed by atoms with Crippen molar-refractivity contribution in [2.75, 3.05) is 5.73 Å². The highest BCUT2D eigenvalue weighted by Crippen LogP contribution is 2.28. The van der Waals surface area contributed by atoms with E-state index < -0.39 is 17.8 Å². The lowest BCUT2D eigenvalue weighted by atomic mass is 10.1. The monoisotopic (exact) mass is 320 g/mol. The molecular formula is C15H11F3N4O. The van der Waals surface area contributed by atoms with E-state index in [-0.39, 0.29) is 17.3 Å². The molecule has 0 aliphatic heterocycles. The van der Waals surface area contributed by atoms with Gasteiger partial charge in [0.1, 0.15) is 11.6 Å². The van der Waals surface area contributed by atoms with Crippen molar-refractivity contribution in [2.24, 2.45) is 0 Å². The van der Waals surface area contributed by atoms with Gasteiger partial charge in [0.25, 0.3) is 12.3 Å². The van der Waals surface area contributed by atoms with Crippen molar-refractivity contribution in [3.05, 3.63) is 47.4 Å². The van der Waals surface area contributed by atoms with Gasteiger partial charge in [-0.1, -0.05) is 5.16 Å². The van der Waals surface area contributed by atoms with Crippen LogP contribution in [0.1, 0.15) is 17.6 Å². The van der Waals surface area contributed by atoms with Crippen molar-refractivity contribution in [1.82, 2.24) is 15.1 Å². The molecular weight excluding hydrogens is 309 g/mol. The summed E-state index contributed by atoms with van der Waals surface area (Å²) in [5.41, 5.74) is 6.45. The number of aryl methyl sites for hydroxylation is 1. The number of halogens is 3. The van der Waals surface area contributed by atoms with E-state index in [0.29, 0.717) is 11.4 Å². The fourth-order valence-electron chi connectivity index (χ4n) is 2.01. The molecule has 8 heteroatoms. The third-order valence-corrected chi connectivity index (χ3v) is 3.28. The molecule has 2 aromatic heterocycles. The van der Waals surface area contributed by atoms with Crippen molar-refractivity contribution in [1.29, 1.82) is 0 Å². The number of hydrogen-bond acceptors (Lipinski definition) is 5. The van der Waals surface area contributed by atoms with E-state index in [9.17, 15) is 13.2 Å². The molecule has 0 spiro atoms. The topological polar surface area (TPSA) is 77.8 Å². The van der Waals surface area contributed by atoms with Crippen molar-refractivity contribution in [3.8, 4) is 22.8 Å². The summed E-state index contributed by atoms with van der Waals surface area (Å²) in [4.78, 5) is 8.12. The molecule has 2 N–H and O–H groups in total.